The topological polar surface area (TPSA) is 73.8 Å². The highest BCUT2D eigenvalue weighted by Gasteiger charge is 2.57. The Labute approximate surface area is 184 Å². The van der Waals surface area contributed by atoms with Crippen LogP contribution in [0.3, 0.4) is 0 Å². The van der Waals surface area contributed by atoms with Crippen LogP contribution >= 0.6 is 0 Å². The smallest absolute Gasteiger partial charge is 0.187 e. The zero-order valence-corrected chi connectivity index (χ0v) is 19.2. The van der Waals surface area contributed by atoms with E-state index < -0.39 is 17.9 Å². The van der Waals surface area contributed by atoms with E-state index in [0.29, 0.717) is 31.3 Å². The fraction of sp³-hybridized carbons (Fsp3) is 0.739. The number of hydrogen-bond donors (Lipinski definition) is 0. The predicted molar refractivity (Wildman–Crippen MR) is 111 cm³/mol. The molecule has 3 saturated heterocycles. The van der Waals surface area contributed by atoms with Gasteiger partial charge in [0.25, 0.3) is 0 Å². The van der Waals surface area contributed by atoms with Crippen molar-refractivity contribution in [3.05, 3.63) is 23.8 Å². The number of fused-ring (bicyclic) bond motifs is 1. The molecule has 0 N–H and O–H groups in total. The summed E-state index contributed by atoms with van der Waals surface area (Å²) >= 11 is 0. The van der Waals surface area contributed by atoms with Crippen LogP contribution in [0.4, 0.5) is 0 Å². The first-order valence-corrected chi connectivity index (χ1v) is 10.8. The fourth-order valence-electron chi connectivity index (χ4n) is 4.54. The average Bonchev–Trinajstić information content (AvgIpc) is 3.34. The minimum Gasteiger partial charge on any atom is -0.493 e. The van der Waals surface area contributed by atoms with Crippen molar-refractivity contribution in [3.8, 4) is 11.5 Å². The third kappa shape index (κ3) is 4.99. The van der Waals surface area contributed by atoms with E-state index in [4.69, 9.17) is 37.9 Å². The van der Waals surface area contributed by atoms with Crippen LogP contribution < -0.4 is 9.47 Å². The van der Waals surface area contributed by atoms with Gasteiger partial charge >= 0.3 is 0 Å². The molecule has 0 saturated carbocycles. The molecule has 5 atom stereocenters. The first-order chi connectivity index (χ1) is 14.7. The maximum absolute atomic E-state index is 6.24. The summed E-state index contributed by atoms with van der Waals surface area (Å²) in [6, 6.07) is 5.79. The molecule has 8 nitrogen and oxygen atoms in total. The number of hydrogen-bond acceptors (Lipinski definition) is 8. The lowest BCUT2D eigenvalue weighted by Crippen LogP contribution is -2.39. The first-order valence-electron chi connectivity index (χ1n) is 10.8. The summed E-state index contributed by atoms with van der Waals surface area (Å²) in [5, 5.41) is 0. The zero-order chi connectivity index (χ0) is 22.2. The average molecular weight is 439 g/mol. The van der Waals surface area contributed by atoms with E-state index in [0.717, 1.165) is 12.0 Å². The van der Waals surface area contributed by atoms with Crippen LogP contribution in [0.5, 0.6) is 11.5 Å². The summed E-state index contributed by atoms with van der Waals surface area (Å²) in [7, 11) is 3.25. The standard InChI is InChI=1S/C23H34O8/c1-22(2)27-13-18(29-22)19-15(20-21(28-19)31-23(3,4)30-20)9-10-26-12-14-7-8-16(24-5)17(11-14)25-6/h7-8,11,15,18-21H,9-10,12-13H2,1-6H3/t15-,18-,19+,20-,21-/m1/s1. The van der Waals surface area contributed by atoms with Gasteiger partial charge in [0.1, 0.15) is 12.2 Å². The third-order valence-electron chi connectivity index (χ3n) is 5.93. The Kier molecular flexibility index (Phi) is 6.49. The van der Waals surface area contributed by atoms with Crippen molar-refractivity contribution in [3.63, 3.8) is 0 Å². The SMILES string of the molecule is COc1ccc(COCC[C@H]2[C@H]3OC(C)(C)O[C@H]3O[C@@H]2[C@H]2COC(C)(C)O2)cc1OC. The summed E-state index contributed by atoms with van der Waals surface area (Å²) in [6.45, 7) is 9.18. The van der Waals surface area contributed by atoms with E-state index in [2.05, 4.69) is 0 Å². The van der Waals surface area contributed by atoms with E-state index in [1.807, 2.05) is 45.9 Å². The van der Waals surface area contributed by atoms with Gasteiger partial charge in [-0.05, 0) is 51.8 Å². The Morgan fingerprint density at radius 3 is 2.39 bits per heavy atom. The molecule has 0 spiro atoms. The second-order valence-electron chi connectivity index (χ2n) is 9.13. The molecule has 31 heavy (non-hydrogen) atoms. The van der Waals surface area contributed by atoms with Gasteiger partial charge in [-0.3, -0.25) is 0 Å². The Balaban J connectivity index is 1.36. The Morgan fingerprint density at radius 2 is 1.71 bits per heavy atom. The molecule has 3 fully saturated rings. The molecule has 0 unspecified atom stereocenters. The van der Waals surface area contributed by atoms with Crippen molar-refractivity contribution in [1.29, 1.82) is 0 Å². The van der Waals surface area contributed by atoms with Crippen LogP contribution in [0.25, 0.3) is 0 Å². The normalized spacial score (nSPS) is 33.4. The molecule has 1 aromatic carbocycles. The van der Waals surface area contributed by atoms with Crippen molar-refractivity contribution in [2.24, 2.45) is 5.92 Å². The minimum absolute atomic E-state index is 0.0830. The van der Waals surface area contributed by atoms with Gasteiger partial charge in [0, 0.05) is 12.5 Å². The highest BCUT2D eigenvalue weighted by molar-refractivity contribution is 5.42. The number of ether oxygens (including phenoxy) is 8. The van der Waals surface area contributed by atoms with Crippen LogP contribution in [-0.4, -0.2) is 63.6 Å². The van der Waals surface area contributed by atoms with Crippen LogP contribution in [0.1, 0.15) is 39.7 Å². The van der Waals surface area contributed by atoms with E-state index in [-0.39, 0.29) is 24.2 Å². The van der Waals surface area contributed by atoms with Crippen molar-refractivity contribution in [2.45, 2.75) is 76.9 Å². The second kappa shape index (κ2) is 8.84. The van der Waals surface area contributed by atoms with Crippen LogP contribution in [0.15, 0.2) is 18.2 Å². The van der Waals surface area contributed by atoms with Gasteiger partial charge in [0.05, 0.1) is 33.5 Å². The summed E-state index contributed by atoms with van der Waals surface area (Å²) in [5.74, 6) is 0.202. The number of methoxy groups -OCH3 is 2. The maximum atomic E-state index is 6.24. The molecule has 0 aliphatic carbocycles. The molecule has 0 aromatic heterocycles. The maximum Gasteiger partial charge on any atom is 0.187 e. The van der Waals surface area contributed by atoms with Crippen LogP contribution in [0.2, 0.25) is 0 Å². The third-order valence-corrected chi connectivity index (χ3v) is 5.93. The molecule has 0 amide bonds. The Bertz CT molecular complexity index is 764. The molecule has 0 bridgehead atoms. The van der Waals surface area contributed by atoms with Crippen molar-refractivity contribution in [2.75, 3.05) is 27.4 Å². The Morgan fingerprint density at radius 1 is 0.935 bits per heavy atom. The molecular weight excluding hydrogens is 404 g/mol. The van der Waals surface area contributed by atoms with Crippen molar-refractivity contribution in [1.82, 2.24) is 0 Å². The molecule has 174 valence electrons. The van der Waals surface area contributed by atoms with Gasteiger partial charge in [-0.25, -0.2) is 0 Å². The quantitative estimate of drug-likeness (QED) is 0.573. The molecule has 3 aliphatic rings. The molecular formula is C23H34O8. The molecule has 8 heteroatoms. The van der Waals surface area contributed by atoms with E-state index in [9.17, 15) is 0 Å². The zero-order valence-electron chi connectivity index (χ0n) is 19.2. The highest BCUT2D eigenvalue weighted by atomic mass is 16.8. The lowest BCUT2D eigenvalue weighted by atomic mass is 9.92. The lowest BCUT2D eigenvalue weighted by Gasteiger charge is -2.29. The monoisotopic (exact) mass is 438 g/mol. The molecule has 3 aliphatic heterocycles. The molecule has 3 heterocycles. The van der Waals surface area contributed by atoms with Gasteiger partial charge in [0.2, 0.25) is 0 Å². The van der Waals surface area contributed by atoms with Crippen LogP contribution in [0, 0.1) is 5.92 Å². The summed E-state index contributed by atoms with van der Waals surface area (Å²) in [4.78, 5) is 0. The van der Waals surface area contributed by atoms with Gasteiger partial charge in [-0.1, -0.05) is 6.07 Å². The second-order valence-corrected chi connectivity index (χ2v) is 9.13. The van der Waals surface area contributed by atoms with Gasteiger partial charge in [0.15, 0.2) is 29.4 Å². The highest BCUT2D eigenvalue weighted by Crippen LogP contribution is 2.45. The van der Waals surface area contributed by atoms with E-state index in [1.165, 1.54) is 0 Å². The van der Waals surface area contributed by atoms with Gasteiger partial charge in [-0.15, -0.1) is 0 Å². The van der Waals surface area contributed by atoms with Crippen molar-refractivity contribution >= 4 is 0 Å². The van der Waals surface area contributed by atoms with Crippen LogP contribution in [-0.2, 0) is 35.0 Å². The largest absolute Gasteiger partial charge is 0.493 e. The molecule has 1 aromatic rings. The first kappa shape index (κ1) is 22.8. The molecule has 0 radical (unpaired) electrons. The summed E-state index contributed by atoms with van der Waals surface area (Å²) in [6.07, 6.45) is -0.122. The number of rotatable bonds is 8. The number of benzene rings is 1. The minimum atomic E-state index is -0.661. The van der Waals surface area contributed by atoms with Gasteiger partial charge < -0.3 is 37.9 Å². The summed E-state index contributed by atoms with van der Waals surface area (Å²) in [5.41, 5.74) is 1.02. The lowest BCUT2D eigenvalue weighted by molar-refractivity contribution is -0.227. The Hall–Kier alpha value is -1.42. The summed E-state index contributed by atoms with van der Waals surface area (Å²) < 4.78 is 46.9. The molecule has 4 rings (SSSR count). The van der Waals surface area contributed by atoms with Gasteiger partial charge in [-0.2, -0.15) is 0 Å². The van der Waals surface area contributed by atoms with E-state index >= 15 is 0 Å². The predicted octanol–water partition coefficient (Wildman–Crippen LogP) is 3.25. The fourth-order valence-corrected chi connectivity index (χ4v) is 4.54. The van der Waals surface area contributed by atoms with E-state index in [1.54, 1.807) is 14.2 Å². The van der Waals surface area contributed by atoms with Crippen molar-refractivity contribution < 1.29 is 37.9 Å².